The molecule has 0 spiro atoms. The summed E-state index contributed by atoms with van der Waals surface area (Å²) >= 11 is 3.56. The van der Waals surface area contributed by atoms with Crippen LogP contribution in [0.2, 0.25) is 0 Å². The number of hydrogen-bond donors (Lipinski definition) is 1. The summed E-state index contributed by atoms with van der Waals surface area (Å²) in [5.41, 5.74) is 2.59. The van der Waals surface area contributed by atoms with Crippen molar-refractivity contribution in [3.8, 4) is 0 Å². The zero-order chi connectivity index (χ0) is 16.3. The van der Waals surface area contributed by atoms with Crippen LogP contribution in [-0.4, -0.2) is 16.7 Å². The van der Waals surface area contributed by atoms with Crippen LogP contribution in [0.25, 0.3) is 10.9 Å². The first-order chi connectivity index (χ1) is 10.3. The molecule has 0 bridgehead atoms. The maximum Gasteiger partial charge on any atom is 0.407 e. The topological polar surface area (TPSA) is 51.2 Å². The Labute approximate surface area is 139 Å². The highest BCUT2D eigenvalue weighted by Gasteiger charge is 2.16. The molecule has 0 atom stereocenters. The molecule has 0 unspecified atom stereocenters. The smallest absolute Gasteiger partial charge is 0.407 e. The van der Waals surface area contributed by atoms with Crippen molar-refractivity contribution in [1.29, 1.82) is 0 Å². The first-order valence-electron chi connectivity index (χ1n) is 7.33. The summed E-state index contributed by atoms with van der Waals surface area (Å²) in [6, 6.07) is 6.13. The lowest BCUT2D eigenvalue weighted by Gasteiger charge is -2.20. The molecule has 1 heterocycles. The lowest BCUT2D eigenvalue weighted by Crippen LogP contribution is -2.32. The van der Waals surface area contributed by atoms with Gasteiger partial charge in [-0.05, 0) is 50.5 Å². The van der Waals surface area contributed by atoms with E-state index in [1.807, 2.05) is 26.8 Å². The van der Waals surface area contributed by atoms with E-state index in [2.05, 4.69) is 45.3 Å². The Morgan fingerprint density at radius 2 is 2.09 bits per heavy atom. The van der Waals surface area contributed by atoms with Crippen LogP contribution in [0.4, 0.5) is 4.79 Å². The molecule has 0 aliphatic heterocycles. The molecular weight excluding hydrogens is 344 g/mol. The van der Waals surface area contributed by atoms with Crippen LogP contribution in [-0.2, 0) is 17.7 Å². The molecule has 0 radical (unpaired) electrons. The minimum atomic E-state index is -0.501. The van der Waals surface area contributed by atoms with Gasteiger partial charge in [0.05, 0.1) is 5.52 Å². The third-order valence-electron chi connectivity index (χ3n) is 3.16. The Bertz CT molecular complexity index is 693. The van der Waals surface area contributed by atoms with Gasteiger partial charge in [-0.1, -0.05) is 28.9 Å². The number of benzene rings is 1. The predicted octanol–water partition coefficient (Wildman–Crippen LogP) is 4.58. The Kier molecular flexibility index (Phi) is 5.06. The van der Waals surface area contributed by atoms with Crippen molar-refractivity contribution >= 4 is 32.9 Å². The van der Waals surface area contributed by atoms with Gasteiger partial charge in [-0.3, -0.25) is 4.98 Å². The van der Waals surface area contributed by atoms with E-state index in [0.717, 1.165) is 27.4 Å². The predicted molar refractivity (Wildman–Crippen MR) is 91.9 cm³/mol. The van der Waals surface area contributed by atoms with E-state index in [9.17, 15) is 4.79 Å². The van der Waals surface area contributed by atoms with Gasteiger partial charge in [-0.2, -0.15) is 0 Å². The maximum atomic E-state index is 11.8. The van der Waals surface area contributed by atoms with Crippen LogP contribution in [0.1, 0.15) is 38.8 Å². The van der Waals surface area contributed by atoms with Gasteiger partial charge in [0.25, 0.3) is 0 Å². The zero-order valence-corrected chi connectivity index (χ0v) is 15.0. The molecule has 1 amide bonds. The van der Waals surface area contributed by atoms with Crippen molar-refractivity contribution in [3.63, 3.8) is 0 Å². The van der Waals surface area contributed by atoms with Gasteiger partial charge in [0.15, 0.2) is 0 Å². The van der Waals surface area contributed by atoms with Crippen molar-refractivity contribution in [1.82, 2.24) is 10.3 Å². The number of pyridine rings is 1. The van der Waals surface area contributed by atoms with Crippen LogP contribution in [0.5, 0.6) is 0 Å². The molecule has 118 valence electrons. The second kappa shape index (κ2) is 6.65. The van der Waals surface area contributed by atoms with Gasteiger partial charge in [-0.15, -0.1) is 0 Å². The average Bonchev–Trinajstić information content (AvgIpc) is 2.43. The normalized spacial score (nSPS) is 11.5. The number of aryl methyl sites for hydroxylation is 1. The molecule has 2 aromatic rings. The molecule has 2 rings (SSSR count). The number of rotatable bonds is 3. The van der Waals surface area contributed by atoms with E-state index in [4.69, 9.17) is 4.74 Å². The highest BCUT2D eigenvalue weighted by molar-refractivity contribution is 9.10. The summed E-state index contributed by atoms with van der Waals surface area (Å²) in [7, 11) is 0. The second-order valence-corrected chi connectivity index (χ2v) is 7.01. The van der Waals surface area contributed by atoms with Gasteiger partial charge in [0.1, 0.15) is 5.60 Å². The van der Waals surface area contributed by atoms with E-state index in [1.165, 1.54) is 5.56 Å². The minimum absolute atomic E-state index is 0.392. The molecule has 0 fully saturated rings. The molecule has 1 N–H and O–H groups in total. The summed E-state index contributed by atoms with van der Waals surface area (Å²) in [6.07, 6.45) is 2.27. The van der Waals surface area contributed by atoms with E-state index < -0.39 is 11.7 Å². The average molecular weight is 365 g/mol. The monoisotopic (exact) mass is 364 g/mol. The van der Waals surface area contributed by atoms with Crippen LogP contribution in [0, 0.1) is 0 Å². The van der Waals surface area contributed by atoms with Crippen LogP contribution < -0.4 is 5.32 Å². The van der Waals surface area contributed by atoms with Crippen LogP contribution in [0.15, 0.2) is 28.9 Å². The minimum Gasteiger partial charge on any atom is -0.444 e. The highest BCUT2D eigenvalue weighted by Crippen LogP contribution is 2.26. The Morgan fingerprint density at radius 1 is 1.36 bits per heavy atom. The largest absolute Gasteiger partial charge is 0.444 e. The molecule has 4 nitrogen and oxygen atoms in total. The van der Waals surface area contributed by atoms with Gasteiger partial charge in [0, 0.05) is 22.6 Å². The fraction of sp³-hybridized carbons (Fsp3) is 0.412. The van der Waals surface area contributed by atoms with Crippen LogP contribution in [0.3, 0.4) is 0 Å². The number of halogens is 1. The maximum absolute atomic E-state index is 11.8. The highest BCUT2D eigenvalue weighted by atomic mass is 79.9. The van der Waals surface area contributed by atoms with E-state index in [0.29, 0.717) is 6.54 Å². The van der Waals surface area contributed by atoms with Crippen molar-refractivity contribution < 1.29 is 9.53 Å². The Morgan fingerprint density at radius 3 is 2.73 bits per heavy atom. The standard InChI is InChI=1S/C17H21BrN2O2/c1-5-11-8-12(10-20-16(21)22-17(2,3)4)15-13(9-11)14(18)6-7-19-15/h6-9H,5,10H2,1-4H3,(H,20,21). The van der Waals surface area contributed by atoms with Gasteiger partial charge in [-0.25, -0.2) is 4.79 Å². The summed E-state index contributed by atoms with van der Waals surface area (Å²) in [5, 5.41) is 3.86. The van der Waals surface area contributed by atoms with Crippen LogP contribution >= 0.6 is 15.9 Å². The van der Waals surface area contributed by atoms with Crippen molar-refractivity contribution in [2.75, 3.05) is 0 Å². The molecule has 1 aromatic carbocycles. The first-order valence-corrected chi connectivity index (χ1v) is 8.12. The number of alkyl carbamates (subject to hydrolysis) is 1. The van der Waals surface area contributed by atoms with Gasteiger partial charge < -0.3 is 10.1 Å². The molecule has 0 saturated heterocycles. The molecule has 22 heavy (non-hydrogen) atoms. The number of fused-ring (bicyclic) bond motifs is 1. The summed E-state index contributed by atoms with van der Waals surface area (Å²) in [5.74, 6) is 0. The number of hydrogen-bond acceptors (Lipinski definition) is 3. The Balaban J connectivity index is 2.27. The number of nitrogens with one attached hydrogen (secondary N) is 1. The molecular formula is C17H21BrN2O2. The number of ether oxygens (including phenoxy) is 1. The molecule has 1 aromatic heterocycles. The number of nitrogens with zero attached hydrogens (tertiary/aromatic N) is 1. The van der Waals surface area contributed by atoms with E-state index >= 15 is 0 Å². The Hall–Kier alpha value is -1.62. The zero-order valence-electron chi connectivity index (χ0n) is 13.4. The number of carbonyl (C=O) groups excluding carboxylic acids is 1. The van der Waals surface area contributed by atoms with E-state index in [1.54, 1.807) is 6.20 Å². The molecule has 0 saturated carbocycles. The lowest BCUT2D eigenvalue weighted by molar-refractivity contribution is 0.0524. The third-order valence-corrected chi connectivity index (χ3v) is 3.85. The first kappa shape index (κ1) is 16.7. The second-order valence-electron chi connectivity index (χ2n) is 6.15. The molecule has 0 aliphatic rings. The number of carbonyl (C=O) groups is 1. The molecule has 5 heteroatoms. The summed E-state index contributed by atoms with van der Waals surface area (Å²) in [6.45, 7) is 8.04. The van der Waals surface area contributed by atoms with Crippen molar-refractivity contribution in [2.45, 2.75) is 46.3 Å². The summed E-state index contributed by atoms with van der Waals surface area (Å²) < 4.78 is 6.28. The van der Waals surface area contributed by atoms with Gasteiger partial charge >= 0.3 is 6.09 Å². The summed E-state index contributed by atoms with van der Waals surface area (Å²) in [4.78, 5) is 16.3. The van der Waals surface area contributed by atoms with E-state index in [-0.39, 0.29) is 0 Å². The SMILES string of the molecule is CCc1cc(CNC(=O)OC(C)(C)C)c2nccc(Br)c2c1. The third kappa shape index (κ3) is 4.19. The number of amides is 1. The number of aromatic nitrogens is 1. The lowest BCUT2D eigenvalue weighted by atomic mass is 10.0. The van der Waals surface area contributed by atoms with Crippen molar-refractivity contribution in [2.24, 2.45) is 0 Å². The fourth-order valence-electron chi connectivity index (χ4n) is 2.18. The van der Waals surface area contributed by atoms with Crippen molar-refractivity contribution in [3.05, 3.63) is 40.0 Å². The van der Waals surface area contributed by atoms with Gasteiger partial charge in [0.2, 0.25) is 0 Å². The fourth-order valence-corrected chi connectivity index (χ4v) is 2.60. The quantitative estimate of drug-likeness (QED) is 0.866. The molecule has 0 aliphatic carbocycles.